The van der Waals surface area contributed by atoms with Crippen LogP contribution in [-0.4, -0.2) is 10.9 Å². The highest BCUT2D eigenvalue weighted by Crippen LogP contribution is 2.17. The summed E-state index contributed by atoms with van der Waals surface area (Å²) in [5, 5.41) is 4.27. The highest BCUT2D eigenvalue weighted by molar-refractivity contribution is 8.14. The summed E-state index contributed by atoms with van der Waals surface area (Å²) in [6.07, 6.45) is 2.13. The van der Waals surface area contributed by atoms with Gasteiger partial charge >= 0.3 is 0 Å². The van der Waals surface area contributed by atoms with Crippen LogP contribution in [-0.2, 0) is 0 Å². The van der Waals surface area contributed by atoms with Crippen molar-refractivity contribution in [3.63, 3.8) is 0 Å². The minimum absolute atomic E-state index is 0.983. The highest BCUT2D eigenvalue weighted by Gasteiger charge is 2.04. The second-order valence-corrected chi connectivity index (χ2v) is 4.07. The van der Waals surface area contributed by atoms with E-state index in [1.54, 1.807) is 11.8 Å². The maximum Gasteiger partial charge on any atom is 0.166 e. The van der Waals surface area contributed by atoms with Crippen molar-refractivity contribution in [3.8, 4) is 0 Å². The lowest BCUT2D eigenvalue weighted by Gasteiger charge is -2.11. The second-order valence-electron chi connectivity index (χ2n) is 3.06. The zero-order valence-corrected chi connectivity index (χ0v) is 8.84. The third kappa shape index (κ3) is 2.39. The molecule has 1 aliphatic heterocycles. The minimum atomic E-state index is 0.983. The van der Waals surface area contributed by atoms with Crippen molar-refractivity contribution in [2.24, 2.45) is 4.99 Å². The average Bonchev–Trinajstić information content (AvgIpc) is 2.19. The van der Waals surface area contributed by atoms with E-state index in [0.717, 1.165) is 22.3 Å². The molecule has 2 rings (SSSR count). The lowest BCUT2D eigenvalue weighted by molar-refractivity contribution is 1.28. The molecule has 0 radical (unpaired) electrons. The molecule has 1 N–H and O–H groups in total. The lowest BCUT2D eigenvalue weighted by Crippen LogP contribution is -2.10. The zero-order valence-electron chi connectivity index (χ0n) is 8.03. The molecule has 1 aliphatic rings. The van der Waals surface area contributed by atoms with Crippen LogP contribution in [0.5, 0.6) is 0 Å². The number of nitrogens with one attached hydrogen (secondary N) is 1. The Hall–Kier alpha value is -1.22. The van der Waals surface area contributed by atoms with Crippen molar-refractivity contribution in [2.75, 3.05) is 11.1 Å². The van der Waals surface area contributed by atoms with Gasteiger partial charge in [-0.05, 0) is 19.1 Å². The molecule has 0 bridgehead atoms. The Balaban J connectivity index is 2.09. The quantitative estimate of drug-likeness (QED) is 0.760. The summed E-state index contributed by atoms with van der Waals surface area (Å²) in [6.45, 7) is 2.02. The molecule has 0 unspecified atom stereocenters. The van der Waals surface area contributed by atoms with Gasteiger partial charge in [0.25, 0.3) is 0 Å². The number of anilines is 1. The summed E-state index contributed by atoms with van der Waals surface area (Å²) < 4.78 is 0. The number of hydrogen-bond acceptors (Lipinski definition) is 3. The van der Waals surface area contributed by atoms with E-state index < -0.39 is 0 Å². The maximum absolute atomic E-state index is 4.41. The number of amidine groups is 1. The van der Waals surface area contributed by atoms with Gasteiger partial charge in [0.1, 0.15) is 0 Å². The van der Waals surface area contributed by atoms with Crippen LogP contribution in [0.3, 0.4) is 0 Å². The van der Waals surface area contributed by atoms with Gasteiger partial charge in [-0.3, -0.25) is 0 Å². The SMILES string of the molecule is CC1=CCSC(Nc2ccccc2)=N1. The molecule has 2 nitrogen and oxygen atoms in total. The van der Waals surface area contributed by atoms with Crippen LogP contribution >= 0.6 is 11.8 Å². The van der Waals surface area contributed by atoms with Crippen LogP contribution in [0.15, 0.2) is 47.1 Å². The molecule has 1 heterocycles. The van der Waals surface area contributed by atoms with Crippen molar-refractivity contribution in [1.29, 1.82) is 0 Å². The van der Waals surface area contributed by atoms with Gasteiger partial charge in [0.15, 0.2) is 5.17 Å². The van der Waals surface area contributed by atoms with Gasteiger partial charge in [0, 0.05) is 17.1 Å². The van der Waals surface area contributed by atoms with Gasteiger partial charge in [-0.1, -0.05) is 36.0 Å². The third-order valence-electron chi connectivity index (χ3n) is 1.90. The summed E-state index contributed by atoms with van der Waals surface area (Å²) >= 11 is 1.72. The molecule has 0 fully saturated rings. The number of benzene rings is 1. The Kier molecular flexibility index (Phi) is 2.89. The van der Waals surface area contributed by atoms with Gasteiger partial charge in [0.2, 0.25) is 0 Å². The first-order chi connectivity index (χ1) is 6.84. The Morgan fingerprint density at radius 2 is 2.07 bits per heavy atom. The zero-order chi connectivity index (χ0) is 9.80. The normalized spacial score (nSPS) is 15.8. The number of para-hydroxylation sites is 1. The summed E-state index contributed by atoms with van der Waals surface area (Å²) in [5.41, 5.74) is 2.18. The first-order valence-electron chi connectivity index (χ1n) is 4.55. The molecule has 0 saturated heterocycles. The van der Waals surface area contributed by atoms with E-state index in [1.807, 2.05) is 37.3 Å². The summed E-state index contributed by atoms with van der Waals surface area (Å²) in [5.74, 6) is 1.00. The number of hydrogen-bond donors (Lipinski definition) is 1. The highest BCUT2D eigenvalue weighted by atomic mass is 32.2. The molecule has 0 saturated carbocycles. The molecule has 0 aromatic heterocycles. The second kappa shape index (κ2) is 4.33. The molecule has 3 heteroatoms. The van der Waals surface area contributed by atoms with E-state index in [4.69, 9.17) is 0 Å². The molecule has 72 valence electrons. The van der Waals surface area contributed by atoms with Crippen molar-refractivity contribution in [3.05, 3.63) is 42.1 Å². The molecule has 0 aliphatic carbocycles. The van der Waals surface area contributed by atoms with Crippen LogP contribution < -0.4 is 5.32 Å². The first kappa shape index (κ1) is 9.34. The van der Waals surface area contributed by atoms with E-state index in [-0.39, 0.29) is 0 Å². The van der Waals surface area contributed by atoms with Crippen LogP contribution in [0.4, 0.5) is 5.69 Å². The van der Waals surface area contributed by atoms with Crippen molar-refractivity contribution < 1.29 is 0 Å². The molecule has 0 spiro atoms. The van der Waals surface area contributed by atoms with E-state index in [9.17, 15) is 0 Å². The third-order valence-corrected chi connectivity index (χ3v) is 2.70. The molecular formula is C11H12N2S. The Morgan fingerprint density at radius 1 is 1.29 bits per heavy atom. The largest absolute Gasteiger partial charge is 0.335 e. The van der Waals surface area contributed by atoms with Crippen molar-refractivity contribution >= 4 is 22.6 Å². The molecule has 0 amide bonds. The Morgan fingerprint density at radius 3 is 2.79 bits per heavy atom. The molecule has 1 aromatic rings. The average molecular weight is 204 g/mol. The van der Waals surface area contributed by atoms with Crippen LogP contribution in [0.25, 0.3) is 0 Å². The van der Waals surface area contributed by atoms with Crippen molar-refractivity contribution in [1.82, 2.24) is 0 Å². The molecule has 14 heavy (non-hydrogen) atoms. The maximum atomic E-state index is 4.41. The fourth-order valence-corrected chi connectivity index (χ4v) is 2.07. The monoisotopic (exact) mass is 204 g/mol. The van der Waals surface area contributed by atoms with Crippen LogP contribution in [0, 0.1) is 0 Å². The first-order valence-corrected chi connectivity index (χ1v) is 5.53. The molecule has 0 atom stereocenters. The van der Waals surface area contributed by atoms with E-state index in [0.29, 0.717) is 0 Å². The Bertz CT molecular complexity index is 368. The van der Waals surface area contributed by atoms with E-state index in [1.165, 1.54) is 0 Å². The fraction of sp³-hybridized carbons (Fsp3) is 0.182. The molecule has 1 aromatic carbocycles. The van der Waals surface area contributed by atoms with Gasteiger partial charge in [-0.2, -0.15) is 0 Å². The molecular weight excluding hydrogens is 192 g/mol. The smallest absolute Gasteiger partial charge is 0.166 e. The van der Waals surface area contributed by atoms with Crippen LogP contribution in [0.2, 0.25) is 0 Å². The Labute approximate surface area is 88.1 Å². The van der Waals surface area contributed by atoms with Crippen LogP contribution in [0.1, 0.15) is 6.92 Å². The fourth-order valence-electron chi connectivity index (χ4n) is 1.19. The lowest BCUT2D eigenvalue weighted by atomic mass is 10.3. The predicted molar refractivity (Wildman–Crippen MR) is 63.7 cm³/mol. The summed E-state index contributed by atoms with van der Waals surface area (Å²) in [4.78, 5) is 4.41. The van der Waals surface area contributed by atoms with Crippen molar-refractivity contribution in [2.45, 2.75) is 6.92 Å². The number of nitrogens with zero attached hydrogens (tertiary/aromatic N) is 1. The van der Waals surface area contributed by atoms with E-state index in [2.05, 4.69) is 16.4 Å². The van der Waals surface area contributed by atoms with Gasteiger partial charge in [-0.25, -0.2) is 4.99 Å². The predicted octanol–water partition coefficient (Wildman–Crippen LogP) is 3.11. The standard InChI is InChI=1S/C11H12N2S/c1-9-7-8-14-11(12-9)13-10-5-3-2-4-6-10/h2-7H,8H2,1H3,(H,12,13). The number of thioether (sulfide) groups is 1. The number of rotatable bonds is 1. The van der Waals surface area contributed by atoms with Gasteiger partial charge < -0.3 is 5.32 Å². The van der Waals surface area contributed by atoms with E-state index >= 15 is 0 Å². The summed E-state index contributed by atoms with van der Waals surface area (Å²) in [6, 6.07) is 10.1. The minimum Gasteiger partial charge on any atom is -0.335 e. The van der Waals surface area contributed by atoms with Gasteiger partial charge in [0.05, 0.1) is 0 Å². The topological polar surface area (TPSA) is 24.4 Å². The number of allylic oxidation sites excluding steroid dienone is 1. The van der Waals surface area contributed by atoms with Gasteiger partial charge in [-0.15, -0.1) is 0 Å². The number of aliphatic imine (C=N–C) groups is 1. The summed E-state index contributed by atoms with van der Waals surface area (Å²) in [7, 11) is 0.